The Morgan fingerprint density at radius 1 is 0.315 bits per heavy atom. The SMILES string of the molecule is CCCCCCCC/C=C\CCCCCCCCCCCCCCCC(=O)N[C@@H](CO[C@@H]1OC(CO)[C@@H](O[C@@H]2OC(CO)[C@H](O)[C@H](O[C@@H]3OC(CO)[C@@H](O)[C@H](O[C@@H]4OC(CO)[C@H](O)[C@H](O[C@@H]5OC(CO)[C@@H](O[C@@H]6OC(CO)[C@H](O)[C@H](O)C6O[C@H]6OC(C)[C@@H](O)C(O)[C@@H]6O)[C@H](O)C5NC(C)=O)C4O)C3NC(C)=O)C2O)[C@H](O)C1O)[C@H](O)/C=C/CCCCCCCCCCCCC. The molecule has 130 heavy (non-hydrogen) atoms. The number of carbonyl (C=O) groups excluding carboxylic acids is 3. The van der Waals surface area contributed by atoms with Crippen molar-refractivity contribution in [3.05, 3.63) is 24.3 Å². The number of nitrogens with one attached hydrogen (secondary N) is 3. The van der Waals surface area contributed by atoms with Crippen LogP contribution in [0.25, 0.3) is 0 Å². The highest BCUT2D eigenvalue weighted by atomic mass is 16.8. The van der Waals surface area contributed by atoms with Gasteiger partial charge in [-0.05, 0) is 51.9 Å². The Bertz CT molecular complexity index is 3110. The Morgan fingerprint density at radius 3 is 1.11 bits per heavy atom. The second kappa shape index (κ2) is 61.1. The van der Waals surface area contributed by atoms with Gasteiger partial charge < -0.3 is 184 Å². The van der Waals surface area contributed by atoms with Crippen LogP contribution in [0.2, 0.25) is 0 Å². The van der Waals surface area contributed by atoms with Gasteiger partial charge in [-0.25, -0.2) is 0 Å². The van der Waals surface area contributed by atoms with Gasteiger partial charge in [-0.2, -0.15) is 0 Å². The van der Waals surface area contributed by atoms with Crippen molar-refractivity contribution in [2.45, 2.75) is 480 Å². The maximum absolute atomic E-state index is 13.7. The molecule has 40 nitrogen and oxygen atoms in total. The van der Waals surface area contributed by atoms with Crippen molar-refractivity contribution in [3.63, 3.8) is 0 Å². The molecular weight excluding hydrogens is 1710 g/mol. The first-order valence-corrected chi connectivity index (χ1v) is 48.0. The lowest BCUT2D eigenvalue weighted by atomic mass is 9.93. The van der Waals surface area contributed by atoms with Gasteiger partial charge in [0.25, 0.3) is 0 Å². The van der Waals surface area contributed by atoms with E-state index in [1.807, 2.05) is 6.08 Å². The van der Waals surface area contributed by atoms with Crippen LogP contribution in [0.15, 0.2) is 24.3 Å². The summed E-state index contributed by atoms with van der Waals surface area (Å²) in [7, 11) is 0. The number of carbonyl (C=O) groups is 3. The van der Waals surface area contributed by atoms with Crippen molar-refractivity contribution < 1.29 is 183 Å². The molecule has 14 unspecified atom stereocenters. The molecule has 7 rings (SSSR count). The van der Waals surface area contributed by atoms with Gasteiger partial charge in [0.2, 0.25) is 17.7 Å². The molecule has 0 aromatic heterocycles. The molecule has 0 radical (unpaired) electrons. The zero-order chi connectivity index (χ0) is 94.9. The lowest BCUT2D eigenvalue weighted by molar-refractivity contribution is -0.392. The van der Waals surface area contributed by atoms with Crippen LogP contribution in [0, 0.1) is 0 Å². The lowest BCUT2D eigenvalue weighted by Gasteiger charge is -2.51. The van der Waals surface area contributed by atoms with Crippen molar-refractivity contribution in [1.82, 2.24) is 16.0 Å². The van der Waals surface area contributed by atoms with E-state index in [-0.39, 0.29) is 12.3 Å². The third kappa shape index (κ3) is 34.8. The molecule has 0 spiro atoms. The molecule has 0 aromatic carbocycles. The van der Waals surface area contributed by atoms with Gasteiger partial charge in [0.15, 0.2) is 44.0 Å². The second-order valence-electron chi connectivity index (χ2n) is 35.9. The molecule has 23 N–H and O–H groups in total. The summed E-state index contributed by atoms with van der Waals surface area (Å²) in [6, 6.07) is -4.86. The van der Waals surface area contributed by atoms with Gasteiger partial charge in [-0.15, -0.1) is 0 Å². The summed E-state index contributed by atoms with van der Waals surface area (Å²) in [6.07, 6.45) is -19.1. The third-order valence-corrected chi connectivity index (χ3v) is 25.5. The maximum atomic E-state index is 13.7. The van der Waals surface area contributed by atoms with E-state index >= 15 is 0 Å². The molecule has 7 aliphatic heterocycles. The van der Waals surface area contributed by atoms with Crippen LogP contribution < -0.4 is 16.0 Å². The van der Waals surface area contributed by atoms with E-state index in [0.717, 1.165) is 65.2 Å². The summed E-state index contributed by atoms with van der Waals surface area (Å²) in [6.45, 7) is 1.02. The van der Waals surface area contributed by atoms with Gasteiger partial charge in [0, 0.05) is 20.3 Å². The summed E-state index contributed by atoms with van der Waals surface area (Å²) < 4.78 is 83.5. The zero-order valence-electron chi connectivity index (χ0n) is 76.5. The van der Waals surface area contributed by atoms with Gasteiger partial charge in [0.1, 0.15) is 165 Å². The number of allylic oxidation sites excluding steroid dienone is 3. The molecule has 3 amide bonds. The summed E-state index contributed by atoms with van der Waals surface area (Å²) in [5, 5.41) is 233. The predicted molar refractivity (Wildman–Crippen MR) is 462 cm³/mol. The smallest absolute Gasteiger partial charge is 0.220 e. The monoisotopic (exact) mass is 1880 g/mol. The van der Waals surface area contributed by atoms with Crippen LogP contribution in [-0.4, -0.2) is 393 Å². The van der Waals surface area contributed by atoms with Crippen molar-refractivity contribution in [3.8, 4) is 0 Å². The Labute approximate surface area is 763 Å². The molecular formula is C90H161N3O37. The average molecular weight is 1880 g/mol. The fourth-order valence-corrected chi connectivity index (χ4v) is 17.6. The normalized spacial score (nSPS) is 37.3. The van der Waals surface area contributed by atoms with Crippen molar-refractivity contribution >= 4 is 17.7 Å². The van der Waals surface area contributed by atoms with Crippen LogP contribution in [-0.2, 0) is 80.7 Å². The van der Waals surface area contributed by atoms with Crippen LogP contribution in [0.5, 0.6) is 0 Å². The van der Waals surface area contributed by atoms with Gasteiger partial charge in [-0.3, -0.25) is 14.4 Å². The zero-order valence-corrected chi connectivity index (χ0v) is 76.5. The topological polar surface area (TPSA) is 621 Å². The first-order valence-electron chi connectivity index (χ1n) is 48.0. The summed E-state index contributed by atoms with van der Waals surface area (Å²) in [5.74, 6) is -2.16. The van der Waals surface area contributed by atoms with E-state index in [9.17, 15) is 117 Å². The number of ether oxygens (including phenoxy) is 14. The minimum Gasteiger partial charge on any atom is -0.394 e. The van der Waals surface area contributed by atoms with Crippen LogP contribution in [0.3, 0.4) is 0 Å². The highest BCUT2D eigenvalue weighted by Crippen LogP contribution is 2.39. The Hall–Kier alpha value is -3.47. The minimum atomic E-state index is -2.34. The van der Waals surface area contributed by atoms with E-state index in [2.05, 4.69) is 41.9 Å². The van der Waals surface area contributed by atoms with Gasteiger partial charge >= 0.3 is 0 Å². The van der Waals surface area contributed by atoms with Crippen LogP contribution >= 0.6 is 0 Å². The molecule has 7 aliphatic rings. The molecule has 37 atom stereocenters. The number of amides is 3. The number of hydrogen-bond acceptors (Lipinski definition) is 37. The molecule has 0 aromatic rings. The highest BCUT2D eigenvalue weighted by Gasteiger charge is 2.60. The Morgan fingerprint density at radius 2 is 0.646 bits per heavy atom. The molecule has 0 aliphatic carbocycles. The van der Waals surface area contributed by atoms with Crippen LogP contribution in [0.1, 0.15) is 253 Å². The van der Waals surface area contributed by atoms with Crippen LogP contribution in [0.4, 0.5) is 0 Å². The highest BCUT2D eigenvalue weighted by molar-refractivity contribution is 5.76. The number of hydrogen-bond donors (Lipinski definition) is 23. The summed E-state index contributed by atoms with van der Waals surface area (Å²) in [4.78, 5) is 39.9. The van der Waals surface area contributed by atoms with Crippen molar-refractivity contribution in [1.29, 1.82) is 0 Å². The van der Waals surface area contributed by atoms with E-state index < -0.39 is 285 Å². The average Bonchev–Trinajstić information content (AvgIpc) is 0.766. The predicted octanol–water partition coefficient (Wildman–Crippen LogP) is -0.675. The molecule has 7 saturated heterocycles. The van der Waals surface area contributed by atoms with E-state index in [1.165, 1.54) is 155 Å². The molecule has 0 bridgehead atoms. The first-order chi connectivity index (χ1) is 62.5. The Balaban J connectivity index is 0.976. The summed E-state index contributed by atoms with van der Waals surface area (Å²) in [5.41, 5.74) is 0. The third-order valence-electron chi connectivity index (χ3n) is 25.5. The van der Waals surface area contributed by atoms with Gasteiger partial charge in [-0.1, -0.05) is 205 Å². The van der Waals surface area contributed by atoms with Crippen molar-refractivity contribution in [2.75, 3.05) is 46.2 Å². The van der Waals surface area contributed by atoms with E-state index in [1.54, 1.807) is 6.08 Å². The molecule has 0 saturated carbocycles. The number of rotatable bonds is 61. The number of aliphatic hydroxyl groups excluding tert-OH is 20. The Kier molecular flexibility index (Phi) is 53.3. The number of aliphatic hydroxyl groups is 20. The van der Waals surface area contributed by atoms with Gasteiger partial charge in [0.05, 0.1) is 64.5 Å². The molecule has 7 heterocycles. The quantitative estimate of drug-likeness (QED) is 0.0265. The lowest BCUT2D eigenvalue weighted by Crippen LogP contribution is -2.71. The molecule has 40 heteroatoms. The van der Waals surface area contributed by atoms with Crippen molar-refractivity contribution in [2.24, 2.45) is 0 Å². The summed E-state index contributed by atoms with van der Waals surface area (Å²) >= 11 is 0. The fourth-order valence-electron chi connectivity index (χ4n) is 17.6. The second-order valence-corrected chi connectivity index (χ2v) is 35.9. The molecule has 7 fully saturated rings. The fraction of sp³-hybridized carbons (Fsp3) is 0.922. The van der Waals surface area contributed by atoms with E-state index in [4.69, 9.17) is 66.3 Å². The van der Waals surface area contributed by atoms with E-state index in [0.29, 0.717) is 12.8 Å². The number of unbranched alkanes of at least 4 members (excludes halogenated alkanes) is 30. The minimum absolute atomic E-state index is 0.158. The standard InChI is InChI=1S/C90H161N3O37/c1-6-8-10-12-14-16-18-20-21-22-23-24-25-26-27-28-29-31-33-35-37-39-41-43-62(103)93-54(55(102)42-40-38-36-34-32-30-19-17-15-13-11-9-7-2)50-117-86-75(114)73(112)79(61(49-99)124-86)125-88-76(115)82(69(108)58(46-96)120-88)129-85-64(92-53(5)101)80(67(106)57(45-95)119-85)127-89-77(116)81(68(107)59(47-97)121-89)128-84-63(91-52(4)100)70(109)78(60(48-98)123-84)126-90-83(72(111)66(105)56(44-94)122-90)130-87-74(113)71(110)65(104)51(3)118-87/h20-21,40,42,51,54-61,63-90,94-99,102,104-116H,6-19,22-39,41,43-50H2,1-5H3,(H,91,100)(H,92,101)(H,93,103)/b21-20-,42-40+/t51?,54-,55+,56?,57?,58?,59?,60?,61?,63?,64?,65+,66-,67+,68-,69-,70+,71?,72-,73+,74-,75?,76?,77?,78+,79+,80+,81-,82-,83?,84-,85-,86+,87+,88-,89-,90-/m0/s1. The largest absolute Gasteiger partial charge is 0.394 e. The molecule has 758 valence electrons. The first kappa shape index (κ1) is 114. The maximum Gasteiger partial charge on any atom is 0.220 e.